The van der Waals surface area contributed by atoms with E-state index in [4.69, 9.17) is 4.74 Å². The first kappa shape index (κ1) is 24.4. The molecule has 0 radical (unpaired) electrons. The van der Waals surface area contributed by atoms with Crippen molar-refractivity contribution >= 4 is 43.9 Å². The van der Waals surface area contributed by atoms with Crippen LogP contribution in [0.2, 0.25) is 0 Å². The van der Waals surface area contributed by atoms with E-state index in [0.717, 1.165) is 53.0 Å². The summed E-state index contributed by atoms with van der Waals surface area (Å²) in [5.74, 6) is -1.02. The van der Waals surface area contributed by atoms with Gasteiger partial charge in [0.25, 0.3) is 0 Å². The van der Waals surface area contributed by atoms with Gasteiger partial charge in [-0.15, -0.1) is 0 Å². The van der Waals surface area contributed by atoms with Crippen molar-refractivity contribution in [1.29, 1.82) is 0 Å². The van der Waals surface area contributed by atoms with Crippen molar-refractivity contribution in [3.8, 4) is 17.0 Å². The second kappa shape index (κ2) is 9.00. The lowest BCUT2D eigenvalue weighted by Gasteiger charge is -2.20. The van der Waals surface area contributed by atoms with Crippen LogP contribution in [0.1, 0.15) is 12.0 Å². The highest BCUT2D eigenvalue weighted by molar-refractivity contribution is 7.92. The molecule has 0 atom stereocenters. The third-order valence-electron chi connectivity index (χ3n) is 6.40. The van der Waals surface area contributed by atoms with E-state index in [-0.39, 0.29) is 23.1 Å². The zero-order valence-corrected chi connectivity index (χ0v) is 21.0. The minimum absolute atomic E-state index is 0.0118. The molecule has 192 valence electrons. The molecule has 4 aromatic rings. The van der Waals surface area contributed by atoms with Crippen LogP contribution in [0.3, 0.4) is 0 Å². The number of nitrogens with zero attached hydrogens (tertiary/aromatic N) is 5. The highest BCUT2D eigenvalue weighted by atomic mass is 32.2. The van der Waals surface area contributed by atoms with Crippen LogP contribution in [0.15, 0.2) is 42.7 Å². The van der Waals surface area contributed by atoms with Crippen molar-refractivity contribution in [2.24, 2.45) is 0 Å². The summed E-state index contributed by atoms with van der Waals surface area (Å²) in [5, 5.41) is 15.0. The van der Waals surface area contributed by atoms with Gasteiger partial charge in [-0.25, -0.2) is 18.4 Å². The molecule has 0 spiro atoms. The number of halogens is 1. The number of sulfonamides is 1. The van der Waals surface area contributed by atoms with Crippen molar-refractivity contribution < 1.29 is 22.5 Å². The van der Waals surface area contributed by atoms with Gasteiger partial charge in [0.05, 0.1) is 41.4 Å². The normalized spacial score (nSPS) is 13.0. The molecule has 1 aliphatic heterocycles. The Balaban J connectivity index is 1.69. The molecular weight excluding hydrogens is 503 g/mol. The van der Waals surface area contributed by atoms with Crippen molar-refractivity contribution in [3.63, 3.8) is 0 Å². The van der Waals surface area contributed by atoms with Crippen molar-refractivity contribution in [1.82, 2.24) is 14.5 Å². The quantitative estimate of drug-likeness (QED) is 0.279. The maximum atomic E-state index is 14.1. The maximum Gasteiger partial charge on any atom is 0.307 e. The molecule has 3 heterocycles. The average Bonchev–Trinajstić information content (AvgIpc) is 3.24. The lowest BCUT2D eigenvalue weighted by Crippen LogP contribution is -2.26. The Labute approximate surface area is 211 Å². The van der Waals surface area contributed by atoms with Crippen LogP contribution in [0.5, 0.6) is 5.75 Å². The van der Waals surface area contributed by atoms with Crippen LogP contribution in [-0.2, 0) is 23.0 Å². The molecule has 1 aliphatic rings. The van der Waals surface area contributed by atoms with Gasteiger partial charge in [-0.3, -0.25) is 14.4 Å². The molecule has 2 aromatic carbocycles. The molecule has 11 nitrogen and oxygen atoms in total. The Kier molecular flexibility index (Phi) is 5.94. The lowest BCUT2D eigenvalue weighted by atomic mass is 10.0. The smallest absolute Gasteiger partial charge is 0.307 e. The number of nitro benzene ring substituents is 1. The number of ether oxygens (including phenoxy) is 1. The standard InChI is InChI=1S/C24H23FN6O5S/c1-29(37(3,34)35)20-12-26-24(27-18-11-19(31(32)33)17(25)10-21(18)36-2)28-22(20)16-13-30-9-5-7-14-6-4-8-15(16)23(14)30/h4,6,8,10-13H,5,7,9H2,1-3H3,(H,26,27,28). The van der Waals surface area contributed by atoms with Gasteiger partial charge in [0.2, 0.25) is 21.8 Å². The van der Waals surface area contributed by atoms with Crippen LogP contribution in [-0.4, -0.2) is 48.3 Å². The van der Waals surface area contributed by atoms with Gasteiger partial charge < -0.3 is 14.6 Å². The second-order valence-corrected chi connectivity index (χ2v) is 10.7. The van der Waals surface area contributed by atoms with Gasteiger partial charge in [-0.1, -0.05) is 18.2 Å². The predicted molar refractivity (Wildman–Crippen MR) is 137 cm³/mol. The minimum Gasteiger partial charge on any atom is -0.494 e. The molecule has 0 bridgehead atoms. The third-order valence-corrected chi connectivity index (χ3v) is 7.59. The molecule has 0 amide bonds. The van der Waals surface area contributed by atoms with E-state index in [1.165, 1.54) is 25.9 Å². The highest BCUT2D eigenvalue weighted by Gasteiger charge is 2.25. The fourth-order valence-electron chi connectivity index (χ4n) is 4.56. The van der Waals surface area contributed by atoms with Gasteiger partial charge in [0, 0.05) is 42.9 Å². The Hall–Kier alpha value is -4.26. The van der Waals surface area contributed by atoms with E-state index in [1.54, 1.807) is 0 Å². The predicted octanol–water partition coefficient (Wildman–Crippen LogP) is 4.24. The van der Waals surface area contributed by atoms with Crippen LogP contribution in [0.4, 0.5) is 27.4 Å². The Morgan fingerprint density at radius 3 is 2.78 bits per heavy atom. The molecule has 0 saturated carbocycles. The number of nitrogens with one attached hydrogen (secondary N) is 1. The molecule has 0 saturated heterocycles. The fraction of sp³-hybridized carbons (Fsp3) is 0.250. The third kappa shape index (κ3) is 4.31. The molecule has 2 aromatic heterocycles. The number of methoxy groups -OCH3 is 1. The number of aromatic nitrogens is 3. The molecule has 1 N–H and O–H groups in total. The molecule has 37 heavy (non-hydrogen) atoms. The number of anilines is 3. The SMILES string of the molecule is COc1cc(F)c([N+](=O)[O-])cc1Nc1ncc(N(C)S(C)(=O)=O)c(-c2cn3c4c(cccc24)CCC3)n1. The fourth-order valence-corrected chi connectivity index (χ4v) is 5.05. The second-order valence-electron chi connectivity index (χ2n) is 8.70. The van der Waals surface area contributed by atoms with Crippen LogP contribution < -0.4 is 14.4 Å². The van der Waals surface area contributed by atoms with E-state index in [9.17, 15) is 22.9 Å². The number of nitro groups is 1. The number of hydrogen-bond acceptors (Lipinski definition) is 8. The zero-order valence-electron chi connectivity index (χ0n) is 20.2. The van der Waals surface area contributed by atoms with Gasteiger partial charge in [-0.2, -0.15) is 4.39 Å². The molecule has 0 aliphatic carbocycles. The van der Waals surface area contributed by atoms with E-state index in [1.807, 2.05) is 18.3 Å². The summed E-state index contributed by atoms with van der Waals surface area (Å²) < 4.78 is 47.4. The summed E-state index contributed by atoms with van der Waals surface area (Å²) in [6.45, 7) is 0.817. The molecular formula is C24H23FN6O5S. The zero-order chi connectivity index (χ0) is 26.5. The van der Waals surface area contributed by atoms with Crippen molar-refractivity contribution in [2.75, 3.05) is 30.0 Å². The van der Waals surface area contributed by atoms with Crippen LogP contribution in [0, 0.1) is 15.9 Å². The summed E-state index contributed by atoms with van der Waals surface area (Å²) in [5.41, 5.74) is 2.92. The van der Waals surface area contributed by atoms with E-state index in [0.29, 0.717) is 11.3 Å². The number of para-hydroxylation sites is 1. The number of rotatable bonds is 7. The molecule has 5 rings (SSSR count). The molecule has 13 heteroatoms. The molecule has 0 unspecified atom stereocenters. The summed E-state index contributed by atoms with van der Waals surface area (Å²) in [6, 6.07) is 7.89. The van der Waals surface area contributed by atoms with E-state index in [2.05, 4.69) is 25.9 Å². The highest BCUT2D eigenvalue weighted by Crippen LogP contribution is 2.40. The average molecular weight is 527 g/mol. The topological polar surface area (TPSA) is 132 Å². The minimum atomic E-state index is -3.65. The first-order valence-corrected chi connectivity index (χ1v) is 13.1. The summed E-state index contributed by atoms with van der Waals surface area (Å²) in [7, 11) is -0.929. The maximum absolute atomic E-state index is 14.1. The van der Waals surface area contributed by atoms with Gasteiger partial charge >= 0.3 is 5.69 Å². The lowest BCUT2D eigenvalue weighted by molar-refractivity contribution is -0.387. The van der Waals surface area contributed by atoms with Gasteiger partial charge in [0.15, 0.2) is 0 Å². The Morgan fingerprint density at radius 1 is 1.30 bits per heavy atom. The van der Waals surface area contributed by atoms with E-state index < -0.39 is 26.5 Å². The van der Waals surface area contributed by atoms with E-state index >= 15 is 0 Å². The molecule has 0 fully saturated rings. The summed E-state index contributed by atoms with van der Waals surface area (Å²) in [4.78, 5) is 19.3. The van der Waals surface area contributed by atoms with Gasteiger partial charge in [0.1, 0.15) is 11.4 Å². The van der Waals surface area contributed by atoms with Crippen molar-refractivity contribution in [3.05, 3.63) is 64.2 Å². The Bertz CT molecular complexity index is 1670. The monoisotopic (exact) mass is 526 g/mol. The van der Waals surface area contributed by atoms with Gasteiger partial charge in [-0.05, 0) is 18.4 Å². The number of hydrogen-bond donors (Lipinski definition) is 1. The largest absolute Gasteiger partial charge is 0.494 e. The Morgan fingerprint density at radius 2 is 2.08 bits per heavy atom. The number of benzene rings is 2. The van der Waals surface area contributed by atoms with Crippen molar-refractivity contribution in [2.45, 2.75) is 19.4 Å². The number of aryl methyl sites for hydroxylation is 2. The first-order valence-electron chi connectivity index (χ1n) is 11.3. The van der Waals surface area contributed by atoms with Crippen LogP contribution >= 0.6 is 0 Å². The van der Waals surface area contributed by atoms with Crippen LogP contribution in [0.25, 0.3) is 22.2 Å². The summed E-state index contributed by atoms with van der Waals surface area (Å²) in [6.07, 6.45) is 6.32. The first-order chi connectivity index (χ1) is 17.6. The summed E-state index contributed by atoms with van der Waals surface area (Å²) >= 11 is 0.